The average molecular weight is 1100 g/mol. The molecule has 0 fully saturated rings. The highest BCUT2D eigenvalue weighted by Crippen LogP contribution is 2.63. The number of aromatic nitrogens is 4. The monoisotopic (exact) mass is 1100 g/mol. The zero-order chi connectivity index (χ0) is 58.1. The van der Waals surface area contributed by atoms with Gasteiger partial charge in [0, 0.05) is 51.4 Å². The number of benzene rings is 10. The Kier molecular flexibility index (Phi) is 11.7. The Labute approximate surface area is 497 Å². The first-order chi connectivity index (χ1) is 41.0. The molecule has 0 unspecified atom stereocenters. The molecule has 6 heteroatoms. The molecule has 6 nitrogen and oxygen atoms in total. The topological polar surface area (TPSA) is 45.1 Å². The minimum absolute atomic E-state index is 0.0362. The van der Waals surface area contributed by atoms with Crippen LogP contribution in [-0.4, -0.2) is 14.1 Å². The van der Waals surface area contributed by atoms with Gasteiger partial charge in [-0.3, -0.25) is 4.57 Å². The second-order valence-electron chi connectivity index (χ2n) is 26.2. The van der Waals surface area contributed by atoms with Gasteiger partial charge in [0.15, 0.2) is 11.0 Å². The first-order valence-corrected chi connectivity index (χ1v) is 29.7. The van der Waals surface area contributed by atoms with Crippen molar-refractivity contribution in [2.24, 2.45) is 0 Å². The minimum atomic E-state index is -0.622. The largest absolute Gasteiger partial charge is 0.457 e. The van der Waals surface area contributed by atoms with E-state index in [9.17, 15) is 0 Å². The van der Waals surface area contributed by atoms with Gasteiger partial charge in [-0.25, -0.2) is 4.98 Å². The van der Waals surface area contributed by atoms with Crippen LogP contribution in [0.3, 0.4) is 0 Å². The average Bonchev–Trinajstić information content (AvgIpc) is 1.62. The van der Waals surface area contributed by atoms with Crippen molar-refractivity contribution in [1.82, 2.24) is 14.1 Å². The summed E-state index contributed by atoms with van der Waals surface area (Å²) in [6.45, 7) is 20.7. The number of fused-ring (bicyclic) bond motifs is 13. The van der Waals surface area contributed by atoms with E-state index >= 15 is 0 Å². The number of hydrogen-bond acceptors (Lipinski definition) is 3. The fourth-order valence-corrected chi connectivity index (χ4v) is 13.6. The fraction of sp³-hybridized carbons (Fsp3) is 0.165. The zero-order valence-electron chi connectivity index (χ0n) is 49.7. The van der Waals surface area contributed by atoms with Gasteiger partial charge in [-0.1, -0.05) is 214 Å². The molecule has 0 bridgehead atoms. The van der Waals surface area contributed by atoms with Gasteiger partial charge in [-0.15, -0.1) is 0 Å². The van der Waals surface area contributed by atoms with Crippen molar-refractivity contribution in [2.75, 3.05) is 0 Å². The molecule has 1 aliphatic heterocycles. The minimum Gasteiger partial charge on any atom is -0.457 e. The smallest absolute Gasteiger partial charge is 0.255 e. The molecule has 1 spiro atoms. The third-order valence-electron chi connectivity index (χ3n) is 17.9. The van der Waals surface area contributed by atoms with E-state index < -0.39 is 5.41 Å². The molecule has 0 atom stereocenters. The lowest BCUT2D eigenvalue weighted by Crippen LogP contribution is -2.32. The third kappa shape index (κ3) is 8.28. The van der Waals surface area contributed by atoms with E-state index in [2.05, 4.69) is 313 Å². The van der Waals surface area contributed by atoms with Crippen LogP contribution in [-0.2, 0) is 21.7 Å². The van der Waals surface area contributed by atoms with Crippen molar-refractivity contribution in [3.05, 3.63) is 282 Å². The summed E-state index contributed by atoms with van der Waals surface area (Å²) >= 11 is 0. The number of ether oxygens (including phenoxy) is 2. The van der Waals surface area contributed by atoms with Crippen LogP contribution in [0.2, 0.25) is 0 Å². The summed E-state index contributed by atoms with van der Waals surface area (Å²) in [5, 5.41) is 2.32. The predicted molar refractivity (Wildman–Crippen MR) is 348 cm³/mol. The summed E-state index contributed by atoms with van der Waals surface area (Å²) in [4.78, 5) is 4.95. The van der Waals surface area contributed by atoms with Gasteiger partial charge >= 0.3 is 0 Å². The highest BCUT2D eigenvalue weighted by Gasteiger charge is 2.52. The van der Waals surface area contributed by atoms with Crippen molar-refractivity contribution >= 4 is 32.8 Å². The Morgan fingerprint density at radius 3 is 1.75 bits per heavy atom. The van der Waals surface area contributed by atoms with E-state index in [0.29, 0.717) is 0 Å². The standard InChI is InChI=1S/C79H67N4O2/c1-76(2,3)51-41-42-80-73(46-51)83-67-34-15-11-25-58(67)59-40-39-56(48-70(59)83)84-55-24-20-23-54(47-55)81-49-82(69-36-17-16-35-68(69)81)75-57(50-43-52(77(4,5)6)45-53(44-50)78(7,8)9)27-21-29-61(75)60-28-22-33-66-74(60)62-26-10-12-30-63(62)79(66)64-31-13-18-37-71(64)85-72-38-19-14-32-65(72)79/h10-49H,1-9H3/q+1. The van der Waals surface area contributed by atoms with Crippen LogP contribution in [0.15, 0.2) is 243 Å². The summed E-state index contributed by atoms with van der Waals surface area (Å²) in [6.07, 6.45) is 4.22. The SMILES string of the molecule is CC(C)(C)c1cc(-c2cccc(-c3cccc4c3-c3ccccc3C43c4ccccc4Oc4ccccc43)c2-[n+]2cn(-c3cccc(Oc4ccc5c6ccccc6n(-c6cc(C(C)(C)C)ccn6)c5c4)c3)c3ccccc32)cc(C(C)(C)C)c1. The number of pyridine rings is 1. The third-order valence-corrected chi connectivity index (χ3v) is 17.9. The molecule has 0 saturated heterocycles. The Bertz CT molecular complexity index is 4780. The number of hydrogen-bond donors (Lipinski definition) is 0. The van der Waals surface area contributed by atoms with Crippen molar-refractivity contribution < 1.29 is 14.0 Å². The molecule has 1 aliphatic carbocycles. The number of para-hydroxylation sites is 6. The van der Waals surface area contributed by atoms with Gasteiger partial charge < -0.3 is 9.47 Å². The second-order valence-corrected chi connectivity index (χ2v) is 26.2. The number of nitrogens with zero attached hydrogens (tertiary/aromatic N) is 4. The molecule has 10 aromatic carbocycles. The lowest BCUT2D eigenvalue weighted by molar-refractivity contribution is -0.566. The lowest BCUT2D eigenvalue weighted by Gasteiger charge is -2.39. The first kappa shape index (κ1) is 52.1. The van der Waals surface area contributed by atoms with Gasteiger partial charge in [0.25, 0.3) is 6.33 Å². The van der Waals surface area contributed by atoms with Crippen LogP contribution in [0.1, 0.15) is 101 Å². The normalized spacial score (nSPS) is 13.4. The molecule has 0 amide bonds. The highest BCUT2D eigenvalue weighted by molar-refractivity contribution is 6.09. The summed E-state index contributed by atoms with van der Waals surface area (Å²) in [5.74, 6) is 4.11. The van der Waals surface area contributed by atoms with Crippen LogP contribution in [0, 0.1) is 0 Å². The van der Waals surface area contributed by atoms with Crippen LogP contribution >= 0.6 is 0 Å². The van der Waals surface area contributed by atoms with E-state index in [1.54, 1.807) is 0 Å². The van der Waals surface area contributed by atoms with Crippen molar-refractivity contribution in [3.8, 4) is 73.6 Å². The molecule has 0 N–H and O–H groups in total. The van der Waals surface area contributed by atoms with Gasteiger partial charge in [0.1, 0.15) is 40.2 Å². The predicted octanol–water partition coefficient (Wildman–Crippen LogP) is 19.9. The maximum Gasteiger partial charge on any atom is 0.255 e. The van der Waals surface area contributed by atoms with Crippen LogP contribution in [0.25, 0.3) is 83.4 Å². The summed E-state index contributed by atoms with van der Waals surface area (Å²) in [7, 11) is 0. The first-order valence-electron chi connectivity index (χ1n) is 29.7. The van der Waals surface area contributed by atoms with E-state index in [4.69, 9.17) is 14.5 Å². The molecular formula is C79H67N4O2+. The Balaban J connectivity index is 0.932. The molecule has 85 heavy (non-hydrogen) atoms. The maximum atomic E-state index is 6.95. The van der Waals surface area contributed by atoms with Crippen LogP contribution in [0.4, 0.5) is 0 Å². The van der Waals surface area contributed by atoms with Gasteiger partial charge in [-0.05, 0) is 133 Å². The summed E-state index contributed by atoms with van der Waals surface area (Å²) < 4.78 is 20.8. The molecular weight excluding hydrogens is 1040 g/mol. The van der Waals surface area contributed by atoms with E-state index in [1.165, 1.54) is 49.9 Å². The number of rotatable bonds is 7. The van der Waals surface area contributed by atoms with Crippen LogP contribution in [0.5, 0.6) is 23.0 Å². The molecule has 2 aliphatic rings. The molecule has 13 aromatic rings. The van der Waals surface area contributed by atoms with Gasteiger partial charge in [-0.2, -0.15) is 9.13 Å². The lowest BCUT2D eigenvalue weighted by atomic mass is 9.66. The molecule has 15 rings (SSSR count). The molecule has 414 valence electrons. The van der Waals surface area contributed by atoms with E-state index in [0.717, 1.165) is 95.5 Å². The number of imidazole rings is 1. The zero-order valence-corrected chi connectivity index (χ0v) is 49.7. The van der Waals surface area contributed by atoms with Crippen molar-refractivity contribution in [1.29, 1.82) is 0 Å². The molecule has 4 heterocycles. The Morgan fingerprint density at radius 2 is 1.01 bits per heavy atom. The summed E-state index contributed by atoms with van der Waals surface area (Å²) in [6, 6.07) is 84.1. The second kappa shape index (κ2) is 19.1. The fourth-order valence-electron chi connectivity index (χ4n) is 13.6. The van der Waals surface area contributed by atoms with Crippen LogP contribution < -0.4 is 14.0 Å². The molecule has 0 saturated carbocycles. The van der Waals surface area contributed by atoms with Crippen molar-refractivity contribution in [2.45, 2.75) is 84.0 Å². The van der Waals surface area contributed by atoms with Gasteiger partial charge in [0.2, 0.25) is 0 Å². The quantitative estimate of drug-likeness (QED) is 0.149. The van der Waals surface area contributed by atoms with E-state index in [-0.39, 0.29) is 16.2 Å². The highest BCUT2D eigenvalue weighted by atomic mass is 16.5. The van der Waals surface area contributed by atoms with E-state index in [1.807, 2.05) is 6.20 Å². The molecule has 3 aromatic heterocycles. The Hall–Kier alpha value is -9.78. The Morgan fingerprint density at radius 1 is 0.435 bits per heavy atom. The summed E-state index contributed by atoms with van der Waals surface area (Å²) in [5.41, 5.74) is 21.2. The van der Waals surface area contributed by atoms with Crippen molar-refractivity contribution in [3.63, 3.8) is 0 Å². The molecule has 0 radical (unpaired) electrons. The van der Waals surface area contributed by atoms with Gasteiger partial charge in [0.05, 0.1) is 16.4 Å². The maximum absolute atomic E-state index is 6.95.